The van der Waals surface area contributed by atoms with Crippen LogP contribution in [0.25, 0.3) is 0 Å². The van der Waals surface area contributed by atoms with Crippen LogP contribution in [0.1, 0.15) is 53.9 Å². The van der Waals surface area contributed by atoms with Crippen molar-refractivity contribution in [3.63, 3.8) is 0 Å². The lowest BCUT2D eigenvalue weighted by Crippen LogP contribution is -2.51. The van der Waals surface area contributed by atoms with E-state index >= 15 is 0 Å². The summed E-state index contributed by atoms with van der Waals surface area (Å²) in [6.07, 6.45) is 4.54. The van der Waals surface area contributed by atoms with Crippen molar-refractivity contribution in [1.82, 2.24) is 0 Å². The lowest BCUT2D eigenvalue weighted by Gasteiger charge is -2.59. The van der Waals surface area contributed by atoms with Gasteiger partial charge >= 0.3 is 0 Å². The molecule has 3 aliphatic carbocycles. The minimum Gasteiger partial charge on any atom is -0.0683 e. The first kappa shape index (κ1) is 10.1. The Bertz CT molecular complexity index is 144. The summed E-state index contributed by atoms with van der Waals surface area (Å²) >= 11 is 0. The summed E-state index contributed by atoms with van der Waals surface area (Å²) < 4.78 is 0. The minimum absolute atomic E-state index is 0.706. The second-order valence-electron chi connectivity index (χ2n) is 4.92. The summed E-state index contributed by atoms with van der Waals surface area (Å²) in [6.45, 7) is 11.4. The number of hydrogen-bond donors (Lipinski definition) is 0. The first-order valence-electron chi connectivity index (χ1n) is 5.62. The molecular weight excluding hydrogens is 144 g/mol. The Hall–Kier alpha value is 0. The zero-order valence-corrected chi connectivity index (χ0v) is 9.35. The normalized spacial score (nSPS) is 42.2. The van der Waals surface area contributed by atoms with E-state index in [1.807, 2.05) is 13.8 Å². The summed E-state index contributed by atoms with van der Waals surface area (Å²) in [5.41, 5.74) is 0.706. The standard InChI is InChI=1S/C10H18.C2H6/c1-7-4-5-8-6-9(7)10(8,2)3;1-2/h7-9H,4-6H2,1-3H3;1-2H3/t7-,8+,9+;/m0./s1. The molecule has 3 rings (SSSR count). The molecule has 0 N–H and O–H groups in total. The topological polar surface area (TPSA) is 0 Å². The third kappa shape index (κ3) is 1.30. The van der Waals surface area contributed by atoms with E-state index in [4.69, 9.17) is 0 Å². The number of rotatable bonds is 0. The van der Waals surface area contributed by atoms with E-state index in [9.17, 15) is 0 Å². The summed E-state index contributed by atoms with van der Waals surface area (Å²) in [7, 11) is 0. The van der Waals surface area contributed by atoms with Gasteiger partial charge in [-0.3, -0.25) is 0 Å². The highest BCUT2D eigenvalue weighted by atomic mass is 14.6. The van der Waals surface area contributed by atoms with Crippen molar-refractivity contribution in [1.29, 1.82) is 0 Å². The van der Waals surface area contributed by atoms with E-state index in [1.165, 1.54) is 19.3 Å². The second kappa shape index (κ2) is 3.40. The number of fused-ring (bicyclic) bond motifs is 2. The molecule has 0 aromatic heterocycles. The predicted octanol–water partition coefficient (Wildman–Crippen LogP) is 4.10. The van der Waals surface area contributed by atoms with Gasteiger partial charge in [-0.2, -0.15) is 0 Å². The average Bonchev–Trinajstić information content (AvgIpc) is 2.07. The van der Waals surface area contributed by atoms with Gasteiger partial charge in [-0.15, -0.1) is 0 Å². The highest BCUT2D eigenvalue weighted by Gasteiger charge is 2.52. The molecule has 0 heteroatoms. The van der Waals surface area contributed by atoms with Crippen LogP contribution in [0.3, 0.4) is 0 Å². The Balaban J connectivity index is 0.000000336. The van der Waals surface area contributed by atoms with Gasteiger partial charge in [-0.05, 0) is 36.0 Å². The van der Waals surface area contributed by atoms with Crippen LogP contribution in [0.5, 0.6) is 0 Å². The highest BCUT2D eigenvalue weighted by molar-refractivity contribution is 5.01. The van der Waals surface area contributed by atoms with Gasteiger partial charge < -0.3 is 0 Å². The van der Waals surface area contributed by atoms with Crippen molar-refractivity contribution in [2.24, 2.45) is 23.2 Å². The van der Waals surface area contributed by atoms with Gasteiger partial charge in [0.15, 0.2) is 0 Å². The first-order valence-corrected chi connectivity index (χ1v) is 5.62. The van der Waals surface area contributed by atoms with Gasteiger partial charge in [0.2, 0.25) is 0 Å². The quantitative estimate of drug-likeness (QED) is 0.511. The Morgan fingerprint density at radius 2 is 1.67 bits per heavy atom. The van der Waals surface area contributed by atoms with Crippen molar-refractivity contribution in [2.75, 3.05) is 0 Å². The molecule has 0 aromatic rings. The molecule has 0 aromatic carbocycles. The van der Waals surface area contributed by atoms with Gasteiger partial charge in [0.25, 0.3) is 0 Å². The molecule has 0 unspecified atom stereocenters. The molecule has 2 bridgehead atoms. The summed E-state index contributed by atoms with van der Waals surface area (Å²) in [4.78, 5) is 0. The van der Waals surface area contributed by atoms with E-state index in [0.29, 0.717) is 5.41 Å². The van der Waals surface area contributed by atoms with Gasteiger partial charge in [0.1, 0.15) is 0 Å². The minimum atomic E-state index is 0.706. The smallest absolute Gasteiger partial charge is 0.0295 e. The Kier molecular flexibility index (Phi) is 2.85. The molecule has 3 aliphatic rings. The van der Waals surface area contributed by atoms with Crippen LogP contribution < -0.4 is 0 Å². The third-order valence-electron chi connectivity index (χ3n) is 4.20. The molecule has 3 saturated carbocycles. The Morgan fingerprint density at radius 1 is 1.08 bits per heavy atom. The molecular formula is C12H24. The van der Waals surface area contributed by atoms with Crippen molar-refractivity contribution >= 4 is 0 Å². The molecule has 72 valence electrons. The summed E-state index contributed by atoms with van der Waals surface area (Å²) in [5, 5.41) is 0. The van der Waals surface area contributed by atoms with Crippen LogP contribution in [0.4, 0.5) is 0 Å². The fraction of sp³-hybridized carbons (Fsp3) is 1.00. The maximum absolute atomic E-state index is 2.46. The predicted molar refractivity (Wildman–Crippen MR) is 55.1 cm³/mol. The van der Waals surface area contributed by atoms with Crippen LogP contribution >= 0.6 is 0 Å². The third-order valence-corrected chi connectivity index (χ3v) is 4.20. The van der Waals surface area contributed by atoms with Crippen LogP contribution in [-0.2, 0) is 0 Å². The molecule has 12 heavy (non-hydrogen) atoms. The monoisotopic (exact) mass is 168 g/mol. The maximum atomic E-state index is 2.46. The van der Waals surface area contributed by atoms with Crippen molar-refractivity contribution < 1.29 is 0 Å². The van der Waals surface area contributed by atoms with E-state index in [2.05, 4.69) is 20.8 Å². The maximum Gasteiger partial charge on any atom is -0.0295 e. The SMILES string of the molecule is CC.C[C@H]1CC[C@@H]2C[C@H]1C2(C)C. The fourth-order valence-corrected chi connectivity index (χ4v) is 3.18. The highest BCUT2D eigenvalue weighted by Crippen LogP contribution is 2.61. The molecule has 0 aliphatic heterocycles. The first-order chi connectivity index (χ1) is 5.62. The lowest BCUT2D eigenvalue weighted by molar-refractivity contribution is -0.0988. The van der Waals surface area contributed by atoms with Gasteiger partial charge in [0, 0.05) is 0 Å². The molecule has 3 fully saturated rings. The lowest BCUT2D eigenvalue weighted by atomic mass is 9.46. The summed E-state index contributed by atoms with van der Waals surface area (Å²) in [6, 6.07) is 0. The average molecular weight is 168 g/mol. The molecule has 0 amide bonds. The van der Waals surface area contributed by atoms with Crippen LogP contribution in [0, 0.1) is 23.2 Å². The van der Waals surface area contributed by atoms with Crippen LogP contribution in [0.2, 0.25) is 0 Å². The van der Waals surface area contributed by atoms with Crippen molar-refractivity contribution in [3.8, 4) is 0 Å². The zero-order valence-electron chi connectivity index (χ0n) is 9.35. The van der Waals surface area contributed by atoms with E-state index in [-0.39, 0.29) is 0 Å². The molecule has 0 saturated heterocycles. The van der Waals surface area contributed by atoms with Crippen LogP contribution in [0.15, 0.2) is 0 Å². The molecule has 0 heterocycles. The largest absolute Gasteiger partial charge is 0.0683 e. The van der Waals surface area contributed by atoms with Crippen LogP contribution in [-0.4, -0.2) is 0 Å². The Morgan fingerprint density at radius 3 is 1.92 bits per heavy atom. The summed E-state index contributed by atoms with van der Waals surface area (Å²) in [5.74, 6) is 3.15. The van der Waals surface area contributed by atoms with Gasteiger partial charge in [-0.1, -0.05) is 41.0 Å². The van der Waals surface area contributed by atoms with Gasteiger partial charge in [0.05, 0.1) is 0 Å². The van der Waals surface area contributed by atoms with Gasteiger partial charge in [-0.25, -0.2) is 0 Å². The Labute approximate surface area is 77.7 Å². The molecule has 0 nitrogen and oxygen atoms in total. The molecule has 0 spiro atoms. The van der Waals surface area contributed by atoms with Crippen molar-refractivity contribution in [3.05, 3.63) is 0 Å². The molecule has 3 atom stereocenters. The van der Waals surface area contributed by atoms with E-state index in [0.717, 1.165) is 17.8 Å². The fourth-order valence-electron chi connectivity index (χ4n) is 3.18. The van der Waals surface area contributed by atoms with Crippen molar-refractivity contribution in [2.45, 2.75) is 53.9 Å². The zero-order chi connectivity index (χ0) is 9.35. The second-order valence-corrected chi connectivity index (χ2v) is 4.92. The molecule has 0 radical (unpaired) electrons. The van der Waals surface area contributed by atoms with E-state index in [1.54, 1.807) is 0 Å². The van der Waals surface area contributed by atoms with E-state index < -0.39 is 0 Å². The number of hydrogen-bond acceptors (Lipinski definition) is 0.